The van der Waals surface area contributed by atoms with Gasteiger partial charge >= 0.3 is 0 Å². The van der Waals surface area contributed by atoms with Crippen LogP contribution in [0, 0.1) is 0 Å². The van der Waals surface area contributed by atoms with Crippen molar-refractivity contribution in [2.45, 2.75) is 13.0 Å². The Balaban J connectivity index is 2.23. The van der Waals surface area contributed by atoms with Crippen LogP contribution in [-0.4, -0.2) is 39.1 Å². The highest BCUT2D eigenvalue weighted by Crippen LogP contribution is 2.10. The van der Waals surface area contributed by atoms with Crippen molar-refractivity contribution in [3.05, 3.63) is 29.8 Å². The summed E-state index contributed by atoms with van der Waals surface area (Å²) in [6.07, 6.45) is 0.363. The summed E-state index contributed by atoms with van der Waals surface area (Å²) in [6, 6.07) is 7.43. The maximum Gasteiger partial charge on any atom is 0.239 e. The number of ether oxygens (including phenoxy) is 1. The van der Waals surface area contributed by atoms with Gasteiger partial charge < -0.3 is 20.7 Å². The van der Waals surface area contributed by atoms with E-state index in [9.17, 15) is 9.59 Å². The first-order valence-corrected chi connectivity index (χ1v) is 6.46. The summed E-state index contributed by atoms with van der Waals surface area (Å²) in [4.78, 5) is 22.9. The van der Waals surface area contributed by atoms with Gasteiger partial charge in [-0.2, -0.15) is 0 Å². The largest absolute Gasteiger partial charge is 0.497 e. The lowest BCUT2D eigenvalue weighted by atomic mass is 10.2. The molecule has 0 atom stereocenters. The van der Waals surface area contributed by atoms with Crippen LogP contribution in [-0.2, 0) is 16.1 Å². The van der Waals surface area contributed by atoms with E-state index < -0.39 is 0 Å². The molecule has 0 radical (unpaired) electrons. The van der Waals surface area contributed by atoms with Crippen LogP contribution in [0.3, 0.4) is 0 Å². The van der Waals surface area contributed by atoms with Gasteiger partial charge in [0.05, 0.1) is 13.7 Å². The first-order chi connectivity index (χ1) is 9.65. The van der Waals surface area contributed by atoms with Crippen LogP contribution in [0.2, 0.25) is 0 Å². The van der Waals surface area contributed by atoms with E-state index in [1.807, 2.05) is 24.3 Å². The average molecular weight is 279 g/mol. The molecule has 0 bridgehead atoms. The fourth-order valence-corrected chi connectivity index (χ4v) is 1.51. The maximum absolute atomic E-state index is 11.6. The van der Waals surface area contributed by atoms with Crippen molar-refractivity contribution in [3.63, 3.8) is 0 Å². The minimum atomic E-state index is -0.210. The van der Waals surface area contributed by atoms with E-state index in [1.54, 1.807) is 14.2 Å². The van der Waals surface area contributed by atoms with Crippen LogP contribution in [0.15, 0.2) is 24.3 Å². The monoisotopic (exact) mass is 279 g/mol. The number of hydrogen-bond donors (Lipinski definition) is 3. The standard InChI is InChI=1S/C14H21N3O3/c1-15-8-7-13(18)17-10-14(19)16-9-11-3-5-12(20-2)6-4-11/h3-6,15H,7-10H2,1-2H3,(H,16,19)(H,17,18). The average Bonchev–Trinajstić information content (AvgIpc) is 2.49. The molecule has 0 aliphatic heterocycles. The highest BCUT2D eigenvalue weighted by molar-refractivity contribution is 5.84. The fourth-order valence-electron chi connectivity index (χ4n) is 1.51. The van der Waals surface area contributed by atoms with Crippen molar-refractivity contribution in [1.82, 2.24) is 16.0 Å². The smallest absolute Gasteiger partial charge is 0.239 e. The Morgan fingerprint density at radius 1 is 1.10 bits per heavy atom. The lowest BCUT2D eigenvalue weighted by molar-refractivity contribution is -0.126. The summed E-state index contributed by atoms with van der Waals surface area (Å²) < 4.78 is 5.05. The molecule has 2 amide bonds. The molecule has 1 aromatic rings. The van der Waals surface area contributed by atoms with Gasteiger partial charge in [0.2, 0.25) is 11.8 Å². The van der Waals surface area contributed by atoms with Crippen LogP contribution in [0.5, 0.6) is 5.75 Å². The number of nitrogens with one attached hydrogen (secondary N) is 3. The van der Waals surface area contributed by atoms with Crippen LogP contribution in [0.1, 0.15) is 12.0 Å². The third-order valence-corrected chi connectivity index (χ3v) is 2.70. The van der Waals surface area contributed by atoms with Gasteiger partial charge in [0.1, 0.15) is 5.75 Å². The molecule has 0 aliphatic carbocycles. The molecular formula is C14H21N3O3. The fraction of sp³-hybridized carbons (Fsp3) is 0.429. The number of carbonyl (C=O) groups is 2. The molecule has 6 nitrogen and oxygen atoms in total. The molecule has 6 heteroatoms. The van der Waals surface area contributed by atoms with Crippen LogP contribution in [0.4, 0.5) is 0 Å². The van der Waals surface area contributed by atoms with Gasteiger partial charge in [0, 0.05) is 19.5 Å². The molecular weight excluding hydrogens is 258 g/mol. The molecule has 0 unspecified atom stereocenters. The van der Waals surface area contributed by atoms with E-state index in [-0.39, 0.29) is 18.4 Å². The van der Waals surface area contributed by atoms with Crippen molar-refractivity contribution < 1.29 is 14.3 Å². The molecule has 0 heterocycles. The van der Waals surface area contributed by atoms with E-state index in [4.69, 9.17) is 4.74 Å². The van der Waals surface area contributed by atoms with Crippen LogP contribution < -0.4 is 20.7 Å². The molecule has 110 valence electrons. The SMILES string of the molecule is CNCCC(=O)NCC(=O)NCc1ccc(OC)cc1. The first-order valence-electron chi connectivity index (χ1n) is 6.46. The quantitative estimate of drug-likeness (QED) is 0.627. The second kappa shape index (κ2) is 8.92. The summed E-state index contributed by atoms with van der Waals surface area (Å²) in [6.45, 7) is 1.02. The lowest BCUT2D eigenvalue weighted by Gasteiger charge is -2.07. The lowest BCUT2D eigenvalue weighted by Crippen LogP contribution is -2.37. The van der Waals surface area contributed by atoms with Gasteiger partial charge in [-0.1, -0.05) is 12.1 Å². The highest BCUT2D eigenvalue weighted by atomic mass is 16.5. The number of rotatable bonds is 8. The topological polar surface area (TPSA) is 79.5 Å². The summed E-state index contributed by atoms with van der Waals surface area (Å²) in [5.41, 5.74) is 0.973. The zero-order chi connectivity index (χ0) is 14.8. The number of benzene rings is 1. The predicted molar refractivity (Wildman–Crippen MR) is 76.4 cm³/mol. The van der Waals surface area contributed by atoms with Crippen molar-refractivity contribution in [2.75, 3.05) is 27.2 Å². The van der Waals surface area contributed by atoms with Crippen molar-refractivity contribution in [2.24, 2.45) is 0 Å². The second-order valence-electron chi connectivity index (χ2n) is 4.26. The van der Waals surface area contributed by atoms with Gasteiger partial charge in [-0.05, 0) is 24.7 Å². The normalized spacial score (nSPS) is 9.90. The van der Waals surface area contributed by atoms with Gasteiger partial charge in [0.25, 0.3) is 0 Å². The van der Waals surface area contributed by atoms with Crippen molar-refractivity contribution in [1.29, 1.82) is 0 Å². The molecule has 1 rings (SSSR count). The summed E-state index contributed by atoms with van der Waals surface area (Å²) in [5, 5.41) is 8.17. The molecule has 0 saturated heterocycles. The van der Waals surface area contributed by atoms with E-state index in [2.05, 4.69) is 16.0 Å². The van der Waals surface area contributed by atoms with E-state index in [0.717, 1.165) is 11.3 Å². The molecule has 1 aromatic carbocycles. The van der Waals surface area contributed by atoms with Gasteiger partial charge in [0.15, 0.2) is 0 Å². The Kier molecular flexibility index (Phi) is 7.13. The van der Waals surface area contributed by atoms with Crippen LogP contribution in [0.25, 0.3) is 0 Å². The number of carbonyl (C=O) groups excluding carboxylic acids is 2. The summed E-state index contributed by atoms with van der Waals surface area (Å²) >= 11 is 0. The first kappa shape index (κ1) is 16.0. The van der Waals surface area contributed by atoms with Crippen molar-refractivity contribution >= 4 is 11.8 Å². The number of hydrogen-bond acceptors (Lipinski definition) is 4. The minimum absolute atomic E-state index is 0.00129. The predicted octanol–water partition coefficient (Wildman–Crippen LogP) is 0.0371. The Bertz CT molecular complexity index is 432. The zero-order valence-electron chi connectivity index (χ0n) is 11.9. The molecule has 0 saturated carbocycles. The van der Waals surface area contributed by atoms with Gasteiger partial charge in [-0.3, -0.25) is 9.59 Å². The van der Waals surface area contributed by atoms with E-state index in [1.165, 1.54) is 0 Å². The Morgan fingerprint density at radius 2 is 1.80 bits per heavy atom. The van der Waals surface area contributed by atoms with Gasteiger partial charge in [-0.15, -0.1) is 0 Å². The Morgan fingerprint density at radius 3 is 2.40 bits per heavy atom. The van der Waals surface area contributed by atoms with E-state index in [0.29, 0.717) is 19.5 Å². The Labute approximate surface area is 118 Å². The zero-order valence-corrected chi connectivity index (χ0v) is 11.9. The molecule has 0 spiro atoms. The van der Waals surface area contributed by atoms with Gasteiger partial charge in [-0.25, -0.2) is 0 Å². The highest BCUT2D eigenvalue weighted by Gasteiger charge is 2.04. The molecule has 0 aromatic heterocycles. The van der Waals surface area contributed by atoms with Crippen molar-refractivity contribution in [3.8, 4) is 5.75 Å². The van der Waals surface area contributed by atoms with Crippen LogP contribution >= 0.6 is 0 Å². The molecule has 20 heavy (non-hydrogen) atoms. The molecule has 3 N–H and O–H groups in total. The third kappa shape index (κ3) is 6.19. The molecule has 0 aliphatic rings. The summed E-state index contributed by atoms with van der Waals surface area (Å²) in [5.74, 6) is 0.425. The summed E-state index contributed by atoms with van der Waals surface area (Å²) in [7, 11) is 3.38. The maximum atomic E-state index is 11.6. The third-order valence-electron chi connectivity index (χ3n) is 2.70. The minimum Gasteiger partial charge on any atom is -0.497 e. The van der Waals surface area contributed by atoms with E-state index >= 15 is 0 Å². The molecule has 0 fully saturated rings. The Hall–Kier alpha value is -2.08. The number of amides is 2. The second-order valence-corrected chi connectivity index (χ2v) is 4.26. The number of methoxy groups -OCH3 is 1.